The summed E-state index contributed by atoms with van der Waals surface area (Å²) in [5.41, 5.74) is 2.05. The van der Waals surface area contributed by atoms with Crippen LogP contribution in [-0.2, 0) is 17.9 Å². The summed E-state index contributed by atoms with van der Waals surface area (Å²) in [5.74, 6) is 0.368. The van der Waals surface area contributed by atoms with Crippen LogP contribution in [0.25, 0.3) is 0 Å². The number of nitrogens with zero attached hydrogens (tertiary/aromatic N) is 3. The Bertz CT molecular complexity index is 1080. The van der Waals surface area contributed by atoms with Crippen LogP contribution in [0.3, 0.4) is 0 Å². The molecule has 0 fully saturated rings. The number of hydrogen-bond donors (Lipinski definition) is 2. The Morgan fingerprint density at radius 2 is 1.81 bits per heavy atom. The second-order valence-electron chi connectivity index (χ2n) is 6.64. The molecule has 1 aromatic heterocycles. The highest BCUT2D eigenvalue weighted by Crippen LogP contribution is 2.23. The summed E-state index contributed by atoms with van der Waals surface area (Å²) in [6.07, 6.45) is 0. The van der Waals surface area contributed by atoms with Gasteiger partial charge in [0.2, 0.25) is 5.91 Å². The second kappa shape index (κ2) is 10.7. The number of anilines is 1. The number of benzene rings is 2. The van der Waals surface area contributed by atoms with Gasteiger partial charge in [0.1, 0.15) is 0 Å². The van der Waals surface area contributed by atoms with E-state index in [4.69, 9.17) is 23.2 Å². The fourth-order valence-corrected chi connectivity index (χ4v) is 4.26. The maximum atomic E-state index is 12.4. The number of hydrogen-bond acceptors (Lipinski definition) is 5. The Morgan fingerprint density at radius 1 is 1.10 bits per heavy atom. The van der Waals surface area contributed by atoms with Crippen molar-refractivity contribution in [2.24, 2.45) is 0 Å². The quantitative estimate of drug-likeness (QED) is 0.463. The summed E-state index contributed by atoms with van der Waals surface area (Å²) in [7, 11) is 0. The fraction of sp³-hybridized carbons (Fsp3) is 0.238. The summed E-state index contributed by atoms with van der Waals surface area (Å²) in [6.45, 7) is 4.69. The number of halogens is 2. The molecule has 2 amide bonds. The van der Waals surface area contributed by atoms with Crippen molar-refractivity contribution >= 4 is 52.5 Å². The van der Waals surface area contributed by atoms with Crippen molar-refractivity contribution in [3.8, 4) is 0 Å². The van der Waals surface area contributed by atoms with Crippen LogP contribution in [0.1, 0.15) is 28.7 Å². The summed E-state index contributed by atoms with van der Waals surface area (Å²) in [6, 6.07) is 12.2. The lowest BCUT2D eigenvalue weighted by atomic mass is 10.1. The molecule has 0 radical (unpaired) electrons. The molecule has 0 aliphatic carbocycles. The second-order valence-corrected chi connectivity index (χ2v) is 8.45. The lowest BCUT2D eigenvalue weighted by Crippen LogP contribution is -2.25. The predicted molar refractivity (Wildman–Crippen MR) is 124 cm³/mol. The number of aromatic nitrogens is 3. The van der Waals surface area contributed by atoms with Crippen LogP contribution in [0, 0.1) is 6.92 Å². The molecular formula is C21H21Cl2N5O2S. The minimum atomic E-state index is -0.219. The molecule has 0 atom stereocenters. The highest BCUT2D eigenvalue weighted by Gasteiger charge is 2.15. The average molecular weight is 478 g/mol. The highest BCUT2D eigenvalue weighted by molar-refractivity contribution is 7.99. The van der Waals surface area contributed by atoms with E-state index in [1.807, 2.05) is 36.6 Å². The molecule has 2 aromatic carbocycles. The SMILES string of the molecule is CCn1c(CNC(=O)c2ccccc2C)nnc1SCC(=O)Nc1cc(Cl)cc(Cl)c1. The van der Waals surface area contributed by atoms with Gasteiger partial charge in [-0.1, -0.05) is 53.2 Å². The number of thioether (sulfide) groups is 1. The van der Waals surface area contributed by atoms with Gasteiger partial charge in [-0.2, -0.15) is 0 Å². The van der Waals surface area contributed by atoms with Crippen molar-refractivity contribution in [3.05, 3.63) is 69.5 Å². The molecule has 0 bridgehead atoms. The molecule has 0 aliphatic rings. The molecule has 0 spiro atoms. The first-order valence-corrected chi connectivity index (χ1v) is 11.3. The molecule has 3 rings (SSSR count). The van der Waals surface area contributed by atoms with Gasteiger partial charge >= 0.3 is 0 Å². The Morgan fingerprint density at radius 3 is 2.48 bits per heavy atom. The van der Waals surface area contributed by atoms with Crippen molar-refractivity contribution in [1.29, 1.82) is 0 Å². The van der Waals surface area contributed by atoms with Gasteiger partial charge in [-0.3, -0.25) is 9.59 Å². The summed E-state index contributed by atoms with van der Waals surface area (Å²) < 4.78 is 1.87. The van der Waals surface area contributed by atoms with E-state index in [9.17, 15) is 9.59 Å². The molecule has 162 valence electrons. The van der Waals surface area contributed by atoms with Crippen LogP contribution in [-0.4, -0.2) is 32.3 Å². The number of nitrogens with one attached hydrogen (secondary N) is 2. The van der Waals surface area contributed by atoms with Crippen LogP contribution in [0.4, 0.5) is 5.69 Å². The van der Waals surface area contributed by atoms with E-state index in [-0.39, 0.29) is 24.1 Å². The fourth-order valence-electron chi connectivity index (χ4n) is 2.91. The minimum Gasteiger partial charge on any atom is -0.345 e. The van der Waals surface area contributed by atoms with E-state index < -0.39 is 0 Å². The van der Waals surface area contributed by atoms with Crippen molar-refractivity contribution in [1.82, 2.24) is 20.1 Å². The van der Waals surface area contributed by atoms with Crippen molar-refractivity contribution in [2.75, 3.05) is 11.1 Å². The van der Waals surface area contributed by atoms with Gasteiger partial charge in [-0.15, -0.1) is 10.2 Å². The summed E-state index contributed by atoms with van der Waals surface area (Å²) in [4.78, 5) is 24.7. The monoisotopic (exact) mass is 477 g/mol. The smallest absolute Gasteiger partial charge is 0.251 e. The first-order valence-electron chi connectivity index (χ1n) is 9.52. The van der Waals surface area contributed by atoms with Crippen molar-refractivity contribution in [3.63, 3.8) is 0 Å². The summed E-state index contributed by atoms with van der Waals surface area (Å²) >= 11 is 13.2. The normalized spacial score (nSPS) is 10.7. The zero-order chi connectivity index (χ0) is 22.4. The lowest BCUT2D eigenvalue weighted by Gasteiger charge is -2.10. The minimum absolute atomic E-state index is 0.137. The number of carbonyl (C=O) groups is 2. The Balaban J connectivity index is 1.58. The molecule has 0 aliphatic heterocycles. The van der Waals surface area contributed by atoms with Crippen molar-refractivity contribution in [2.45, 2.75) is 32.1 Å². The topological polar surface area (TPSA) is 88.9 Å². The van der Waals surface area contributed by atoms with Gasteiger partial charge in [0.15, 0.2) is 11.0 Å². The van der Waals surface area contributed by atoms with Gasteiger partial charge in [-0.05, 0) is 43.7 Å². The molecule has 0 saturated carbocycles. The van der Waals surface area contributed by atoms with Gasteiger partial charge in [0, 0.05) is 27.8 Å². The first-order chi connectivity index (χ1) is 14.9. The van der Waals surface area contributed by atoms with E-state index in [1.165, 1.54) is 11.8 Å². The Kier molecular flexibility index (Phi) is 7.95. The van der Waals surface area contributed by atoms with Crippen LogP contribution in [0.15, 0.2) is 47.6 Å². The maximum Gasteiger partial charge on any atom is 0.251 e. The van der Waals surface area contributed by atoms with Crippen LogP contribution < -0.4 is 10.6 Å². The number of amides is 2. The number of aryl methyl sites for hydroxylation is 1. The molecule has 7 nitrogen and oxygen atoms in total. The van der Waals surface area contributed by atoms with Gasteiger partial charge in [0.05, 0.1) is 12.3 Å². The molecule has 0 saturated heterocycles. The standard InChI is InChI=1S/C21H21Cl2N5O2S/c1-3-28-18(11-24-20(30)17-7-5-4-6-13(17)2)26-27-21(28)31-12-19(29)25-16-9-14(22)8-15(23)10-16/h4-10H,3,11-12H2,1-2H3,(H,24,30)(H,25,29). The predicted octanol–water partition coefficient (Wildman–Crippen LogP) is 4.57. The average Bonchev–Trinajstić information content (AvgIpc) is 3.12. The highest BCUT2D eigenvalue weighted by atomic mass is 35.5. The molecule has 2 N–H and O–H groups in total. The third-order valence-corrected chi connectivity index (χ3v) is 5.79. The molecular weight excluding hydrogens is 457 g/mol. The van der Waals surface area contributed by atoms with Gasteiger partial charge in [-0.25, -0.2) is 0 Å². The van der Waals surface area contributed by atoms with Crippen LogP contribution in [0.5, 0.6) is 0 Å². The molecule has 31 heavy (non-hydrogen) atoms. The van der Waals surface area contributed by atoms with Gasteiger partial charge in [0.25, 0.3) is 5.91 Å². The summed E-state index contributed by atoms with van der Waals surface area (Å²) in [5, 5.41) is 15.5. The van der Waals surface area contributed by atoms with Crippen LogP contribution in [0.2, 0.25) is 10.0 Å². The first kappa shape index (κ1) is 23.1. The van der Waals surface area contributed by atoms with Crippen LogP contribution >= 0.6 is 35.0 Å². The third kappa shape index (κ3) is 6.22. The molecule has 10 heteroatoms. The van der Waals surface area contributed by atoms with E-state index in [2.05, 4.69) is 20.8 Å². The van der Waals surface area contributed by atoms with Gasteiger partial charge < -0.3 is 15.2 Å². The maximum absolute atomic E-state index is 12.4. The van der Waals surface area contributed by atoms with E-state index in [1.54, 1.807) is 24.3 Å². The molecule has 3 aromatic rings. The zero-order valence-electron chi connectivity index (χ0n) is 17.0. The Labute approximate surface area is 194 Å². The third-order valence-electron chi connectivity index (χ3n) is 4.39. The van der Waals surface area contributed by atoms with E-state index in [0.29, 0.717) is 38.8 Å². The van der Waals surface area contributed by atoms with E-state index >= 15 is 0 Å². The Hall–Kier alpha value is -2.55. The van der Waals surface area contributed by atoms with E-state index in [0.717, 1.165) is 5.56 Å². The zero-order valence-corrected chi connectivity index (χ0v) is 19.3. The molecule has 0 unspecified atom stereocenters. The molecule has 1 heterocycles. The van der Waals surface area contributed by atoms with Crippen molar-refractivity contribution < 1.29 is 9.59 Å². The number of rotatable bonds is 8. The largest absolute Gasteiger partial charge is 0.345 e. The number of carbonyl (C=O) groups excluding carboxylic acids is 2. The lowest BCUT2D eigenvalue weighted by molar-refractivity contribution is -0.113.